The van der Waals surface area contributed by atoms with Crippen LogP contribution in [0.1, 0.15) is 32.0 Å². The molecule has 156 valence electrons. The summed E-state index contributed by atoms with van der Waals surface area (Å²) in [5.41, 5.74) is 2.55. The van der Waals surface area contributed by atoms with Gasteiger partial charge in [-0.15, -0.1) is 0 Å². The maximum atomic E-state index is 13.9. The lowest BCUT2D eigenvalue weighted by Crippen LogP contribution is -2.26. The number of fused-ring (bicyclic) bond motifs is 1. The van der Waals surface area contributed by atoms with Gasteiger partial charge in [0.15, 0.2) is 0 Å². The van der Waals surface area contributed by atoms with Crippen molar-refractivity contribution in [3.05, 3.63) is 100.0 Å². The third kappa shape index (κ3) is 4.41. The van der Waals surface area contributed by atoms with E-state index in [2.05, 4.69) is 10.4 Å². The summed E-state index contributed by atoms with van der Waals surface area (Å²) < 4.78 is 15.4. The van der Waals surface area contributed by atoms with E-state index in [0.717, 1.165) is 5.56 Å². The van der Waals surface area contributed by atoms with Gasteiger partial charge in [0, 0.05) is 11.9 Å². The van der Waals surface area contributed by atoms with Crippen molar-refractivity contribution in [3.8, 4) is 0 Å². The van der Waals surface area contributed by atoms with Gasteiger partial charge in [-0.1, -0.05) is 48.0 Å². The van der Waals surface area contributed by atoms with Gasteiger partial charge in [-0.05, 0) is 41.5 Å². The van der Waals surface area contributed by atoms with Crippen LogP contribution in [0.3, 0.4) is 0 Å². The molecule has 0 saturated heterocycles. The number of hydrogen-bond acceptors (Lipinski definition) is 3. The number of aromatic nitrogens is 2. The smallest absolute Gasteiger partial charge is 0.335 e. The average Bonchev–Trinajstić information content (AvgIpc) is 3.12. The van der Waals surface area contributed by atoms with Crippen molar-refractivity contribution in [2.24, 2.45) is 0 Å². The molecule has 6 nitrogen and oxygen atoms in total. The lowest BCUT2D eigenvalue weighted by molar-refractivity contribution is 0.0696. The second-order valence-corrected chi connectivity index (χ2v) is 7.36. The van der Waals surface area contributed by atoms with Crippen molar-refractivity contribution in [2.75, 3.05) is 0 Å². The first kappa shape index (κ1) is 20.6. The van der Waals surface area contributed by atoms with Crippen LogP contribution in [-0.2, 0) is 13.1 Å². The highest BCUT2D eigenvalue weighted by Gasteiger charge is 2.19. The Labute approximate surface area is 181 Å². The molecule has 0 fully saturated rings. The largest absolute Gasteiger partial charge is 0.478 e. The second-order valence-electron chi connectivity index (χ2n) is 6.96. The second kappa shape index (κ2) is 8.57. The highest BCUT2D eigenvalue weighted by molar-refractivity contribution is 6.30. The van der Waals surface area contributed by atoms with Crippen molar-refractivity contribution < 1.29 is 19.1 Å². The SMILES string of the molecule is O=C(O)c1ccc(CNC(=O)c2c3ccccc3nn2Cc2ccc(Cl)c(F)c2)cc1. The molecule has 0 aliphatic heterocycles. The van der Waals surface area contributed by atoms with E-state index < -0.39 is 11.8 Å². The number of hydrogen-bond donors (Lipinski definition) is 2. The Morgan fingerprint density at radius 3 is 2.45 bits per heavy atom. The van der Waals surface area contributed by atoms with Crippen LogP contribution in [0.25, 0.3) is 10.9 Å². The molecule has 0 aliphatic carbocycles. The van der Waals surface area contributed by atoms with Gasteiger partial charge >= 0.3 is 5.97 Å². The van der Waals surface area contributed by atoms with Crippen LogP contribution >= 0.6 is 11.6 Å². The summed E-state index contributed by atoms with van der Waals surface area (Å²) in [6, 6.07) is 18.0. The molecule has 31 heavy (non-hydrogen) atoms. The van der Waals surface area contributed by atoms with Crippen molar-refractivity contribution in [2.45, 2.75) is 13.1 Å². The monoisotopic (exact) mass is 437 g/mol. The fraction of sp³-hybridized carbons (Fsp3) is 0.0870. The van der Waals surface area contributed by atoms with E-state index in [1.807, 2.05) is 12.1 Å². The number of halogens is 2. The predicted molar refractivity (Wildman–Crippen MR) is 115 cm³/mol. The fourth-order valence-electron chi connectivity index (χ4n) is 3.28. The molecular formula is C23H17ClFN3O3. The standard InChI is InChI=1S/C23H17ClFN3O3/c24-18-10-7-15(11-19(18)25)13-28-21(17-3-1-2-4-20(17)27-28)22(29)26-12-14-5-8-16(9-6-14)23(30)31/h1-11H,12-13H2,(H,26,29)(H,30,31). The van der Waals surface area contributed by atoms with E-state index in [0.29, 0.717) is 22.2 Å². The number of benzene rings is 3. The number of rotatable bonds is 6. The number of amides is 1. The van der Waals surface area contributed by atoms with Crippen molar-refractivity contribution in [1.29, 1.82) is 0 Å². The van der Waals surface area contributed by atoms with E-state index in [4.69, 9.17) is 16.7 Å². The molecule has 3 aromatic carbocycles. The molecule has 0 radical (unpaired) electrons. The molecule has 0 saturated carbocycles. The average molecular weight is 438 g/mol. The fourth-order valence-corrected chi connectivity index (χ4v) is 3.39. The van der Waals surface area contributed by atoms with Gasteiger partial charge < -0.3 is 10.4 Å². The van der Waals surface area contributed by atoms with E-state index in [9.17, 15) is 14.0 Å². The summed E-state index contributed by atoms with van der Waals surface area (Å²) in [5, 5.41) is 17.0. The predicted octanol–water partition coefficient (Wildman–Crippen LogP) is 4.51. The zero-order chi connectivity index (χ0) is 22.0. The molecule has 0 bridgehead atoms. The summed E-state index contributed by atoms with van der Waals surface area (Å²) in [6.07, 6.45) is 0. The van der Waals surface area contributed by atoms with Crippen LogP contribution < -0.4 is 5.32 Å². The van der Waals surface area contributed by atoms with Crippen LogP contribution in [0.4, 0.5) is 4.39 Å². The van der Waals surface area contributed by atoms with E-state index in [-0.39, 0.29) is 29.6 Å². The Kier molecular flexibility index (Phi) is 5.68. The topological polar surface area (TPSA) is 84.2 Å². The van der Waals surface area contributed by atoms with E-state index in [1.165, 1.54) is 28.9 Å². The first-order valence-corrected chi connectivity index (χ1v) is 9.80. The number of carboxylic acids is 1. The molecule has 0 unspecified atom stereocenters. The summed E-state index contributed by atoms with van der Waals surface area (Å²) in [5.74, 6) is -1.89. The Bertz CT molecular complexity index is 1290. The van der Waals surface area contributed by atoms with Gasteiger partial charge in [-0.2, -0.15) is 5.10 Å². The Hall–Kier alpha value is -3.71. The normalized spacial score (nSPS) is 10.9. The minimum absolute atomic E-state index is 0.0289. The number of nitrogens with zero attached hydrogens (tertiary/aromatic N) is 2. The maximum absolute atomic E-state index is 13.9. The molecule has 1 heterocycles. The minimum atomic E-state index is -1.01. The third-order valence-electron chi connectivity index (χ3n) is 4.83. The van der Waals surface area contributed by atoms with Crippen LogP contribution in [0.5, 0.6) is 0 Å². The number of nitrogens with one attached hydrogen (secondary N) is 1. The first-order chi connectivity index (χ1) is 14.9. The lowest BCUT2D eigenvalue weighted by Gasteiger charge is -2.10. The molecular weight excluding hydrogens is 421 g/mol. The number of carbonyl (C=O) groups excluding carboxylic acids is 1. The molecule has 1 aromatic heterocycles. The Morgan fingerprint density at radius 1 is 1.03 bits per heavy atom. The summed E-state index contributed by atoms with van der Waals surface area (Å²) >= 11 is 5.76. The third-order valence-corrected chi connectivity index (χ3v) is 5.14. The van der Waals surface area contributed by atoms with Gasteiger partial charge in [0.1, 0.15) is 11.5 Å². The van der Waals surface area contributed by atoms with Crippen molar-refractivity contribution in [3.63, 3.8) is 0 Å². The van der Waals surface area contributed by atoms with Crippen molar-refractivity contribution >= 4 is 34.4 Å². The highest BCUT2D eigenvalue weighted by Crippen LogP contribution is 2.21. The van der Waals surface area contributed by atoms with Gasteiger partial charge in [0.25, 0.3) is 5.91 Å². The molecule has 0 atom stereocenters. The molecule has 0 spiro atoms. The van der Waals surface area contributed by atoms with Crippen LogP contribution in [0.15, 0.2) is 66.7 Å². The van der Waals surface area contributed by atoms with E-state index in [1.54, 1.807) is 30.3 Å². The summed E-state index contributed by atoms with van der Waals surface area (Å²) in [6.45, 7) is 0.409. The van der Waals surface area contributed by atoms with Gasteiger partial charge in [-0.3, -0.25) is 9.48 Å². The lowest BCUT2D eigenvalue weighted by atomic mass is 10.1. The van der Waals surface area contributed by atoms with Gasteiger partial charge in [0.05, 0.1) is 22.6 Å². The molecule has 8 heteroatoms. The zero-order valence-corrected chi connectivity index (χ0v) is 16.9. The van der Waals surface area contributed by atoms with Crippen LogP contribution in [0.2, 0.25) is 5.02 Å². The molecule has 1 amide bonds. The van der Waals surface area contributed by atoms with Gasteiger partial charge in [0.2, 0.25) is 0 Å². The molecule has 2 N–H and O–H groups in total. The van der Waals surface area contributed by atoms with Crippen LogP contribution in [0, 0.1) is 5.82 Å². The minimum Gasteiger partial charge on any atom is -0.478 e. The summed E-state index contributed by atoms with van der Waals surface area (Å²) in [7, 11) is 0. The first-order valence-electron chi connectivity index (χ1n) is 9.42. The van der Waals surface area contributed by atoms with Crippen molar-refractivity contribution in [1.82, 2.24) is 15.1 Å². The summed E-state index contributed by atoms with van der Waals surface area (Å²) in [4.78, 5) is 24.0. The quantitative estimate of drug-likeness (QED) is 0.465. The maximum Gasteiger partial charge on any atom is 0.335 e. The number of aromatic carboxylic acids is 1. The van der Waals surface area contributed by atoms with E-state index >= 15 is 0 Å². The van der Waals surface area contributed by atoms with Crippen LogP contribution in [-0.4, -0.2) is 26.8 Å². The molecule has 4 aromatic rings. The number of carboxylic acid groups (broad SMARTS) is 1. The number of carbonyl (C=O) groups is 2. The molecule has 4 rings (SSSR count). The molecule has 0 aliphatic rings. The van der Waals surface area contributed by atoms with Gasteiger partial charge in [-0.25, -0.2) is 9.18 Å². The zero-order valence-electron chi connectivity index (χ0n) is 16.2. The Balaban J connectivity index is 1.60. The Morgan fingerprint density at radius 2 is 1.74 bits per heavy atom. The highest BCUT2D eigenvalue weighted by atomic mass is 35.5.